The van der Waals surface area contributed by atoms with Crippen LogP contribution in [0.15, 0.2) is 0 Å². The summed E-state index contributed by atoms with van der Waals surface area (Å²) in [5, 5.41) is -0.452. The lowest BCUT2D eigenvalue weighted by Crippen LogP contribution is -2.13. The van der Waals surface area contributed by atoms with Gasteiger partial charge in [0.15, 0.2) is 11.0 Å². The quantitative estimate of drug-likeness (QED) is 0.519. The van der Waals surface area contributed by atoms with Crippen molar-refractivity contribution in [1.29, 1.82) is 0 Å². The van der Waals surface area contributed by atoms with Gasteiger partial charge in [0.1, 0.15) is 17.9 Å². The molecule has 0 unspecified atom stereocenters. The summed E-state index contributed by atoms with van der Waals surface area (Å²) >= 11 is 5.57. The van der Waals surface area contributed by atoms with Gasteiger partial charge in [0.05, 0.1) is 12.3 Å². The van der Waals surface area contributed by atoms with Crippen molar-refractivity contribution in [3.05, 3.63) is 22.2 Å². The summed E-state index contributed by atoms with van der Waals surface area (Å²) in [5.74, 6) is 3.36. The fraction of sp³-hybridized carbons (Fsp3) is 0.333. The van der Waals surface area contributed by atoms with Crippen LogP contribution in [-0.4, -0.2) is 31.3 Å². The Hall–Kier alpha value is -1.84. The van der Waals surface area contributed by atoms with E-state index in [0.29, 0.717) is 0 Å². The van der Waals surface area contributed by atoms with E-state index in [9.17, 15) is 9.18 Å². The molecule has 5 nitrogen and oxygen atoms in total. The first-order valence-corrected chi connectivity index (χ1v) is 5.70. The fourth-order valence-electron chi connectivity index (χ4n) is 1.24. The molecule has 1 heterocycles. The topological polar surface area (TPSA) is 74.4 Å². The molecule has 0 aliphatic carbocycles. The molecular weight excluding hydrogens is 275 g/mol. The zero-order valence-electron chi connectivity index (χ0n) is 10.4. The second-order valence-corrected chi connectivity index (χ2v) is 3.67. The van der Waals surface area contributed by atoms with Crippen LogP contribution in [0.5, 0.6) is 0 Å². The van der Waals surface area contributed by atoms with E-state index >= 15 is 0 Å². The zero-order chi connectivity index (χ0) is 14.4. The largest absolute Gasteiger partial charge is 0.462 e. The first kappa shape index (κ1) is 15.2. The fourth-order valence-corrected chi connectivity index (χ4v) is 1.43. The van der Waals surface area contributed by atoms with Gasteiger partial charge in [0.2, 0.25) is 0 Å². The number of rotatable bonds is 3. The molecule has 0 amide bonds. The summed E-state index contributed by atoms with van der Waals surface area (Å²) in [7, 11) is 1.46. The van der Waals surface area contributed by atoms with Crippen LogP contribution in [0.1, 0.15) is 23.0 Å². The first-order valence-electron chi connectivity index (χ1n) is 5.32. The number of pyridine rings is 1. The molecule has 0 radical (unpaired) electrons. The van der Waals surface area contributed by atoms with E-state index in [0.717, 1.165) is 0 Å². The average Bonchev–Trinajstić information content (AvgIpc) is 2.36. The number of aromatic nitrogens is 1. The second-order valence-electron chi connectivity index (χ2n) is 3.31. The Labute approximate surface area is 114 Å². The van der Waals surface area contributed by atoms with E-state index in [-0.39, 0.29) is 24.5 Å². The Morgan fingerprint density at radius 3 is 2.84 bits per heavy atom. The number of halogens is 2. The van der Waals surface area contributed by atoms with Gasteiger partial charge < -0.3 is 15.2 Å². The van der Waals surface area contributed by atoms with Crippen LogP contribution in [0.25, 0.3) is 0 Å². The predicted molar refractivity (Wildman–Crippen MR) is 68.3 cm³/mol. The van der Waals surface area contributed by atoms with Crippen LogP contribution >= 0.6 is 11.6 Å². The van der Waals surface area contributed by atoms with Gasteiger partial charge in [-0.25, -0.2) is 14.2 Å². The standard InChI is InChI=1S/C12H12ClFN2O3/c1-3-19-12(17)8-7(5-4-6-18-2)16-11(13)9(14)10(8)15/h3,6H2,1-2H3,(H2,15,16). The third kappa shape index (κ3) is 3.56. The Morgan fingerprint density at radius 1 is 1.58 bits per heavy atom. The Balaban J connectivity index is 3.36. The van der Waals surface area contributed by atoms with Crippen molar-refractivity contribution in [3.63, 3.8) is 0 Å². The Kier molecular flexibility index (Phi) is 5.55. The zero-order valence-corrected chi connectivity index (χ0v) is 11.2. The van der Waals surface area contributed by atoms with Crippen molar-refractivity contribution >= 4 is 23.3 Å². The van der Waals surface area contributed by atoms with Crippen molar-refractivity contribution in [1.82, 2.24) is 4.98 Å². The van der Waals surface area contributed by atoms with Crippen LogP contribution < -0.4 is 5.73 Å². The van der Waals surface area contributed by atoms with Gasteiger partial charge in [-0.05, 0) is 12.8 Å². The number of ether oxygens (including phenoxy) is 2. The van der Waals surface area contributed by atoms with Crippen molar-refractivity contribution in [3.8, 4) is 11.8 Å². The van der Waals surface area contributed by atoms with Gasteiger partial charge in [0, 0.05) is 7.11 Å². The molecule has 7 heteroatoms. The SMILES string of the molecule is CCOC(=O)c1c(C#CCOC)nc(Cl)c(F)c1N. The molecule has 1 aromatic heterocycles. The second kappa shape index (κ2) is 6.92. The lowest BCUT2D eigenvalue weighted by atomic mass is 10.1. The van der Waals surface area contributed by atoms with Crippen molar-refractivity contribution in [2.75, 3.05) is 26.1 Å². The summed E-state index contributed by atoms with van der Waals surface area (Å²) in [6.45, 7) is 1.86. The number of carbonyl (C=O) groups is 1. The summed E-state index contributed by atoms with van der Waals surface area (Å²) < 4.78 is 23.1. The van der Waals surface area contributed by atoms with Gasteiger partial charge in [-0.3, -0.25) is 0 Å². The molecule has 0 spiro atoms. The van der Waals surface area contributed by atoms with Crippen molar-refractivity contribution < 1.29 is 18.7 Å². The van der Waals surface area contributed by atoms with Gasteiger partial charge >= 0.3 is 5.97 Å². The molecule has 0 bridgehead atoms. The Bertz CT molecular complexity index is 552. The number of nitrogens with two attached hydrogens (primary N) is 1. The molecule has 0 aliphatic heterocycles. The number of methoxy groups -OCH3 is 1. The molecule has 0 saturated heterocycles. The minimum Gasteiger partial charge on any atom is -0.462 e. The minimum absolute atomic E-state index is 0.0422. The maximum absolute atomic E-state index is 13.6. The van der Waals surface area contributed by atoms with E-state index in [1.807, 2.05) is 0 Å². The summed E-state index contributed by atoms with van der Waals surface area (Å²) in [6.07, 6.45) is 0. The van der Waals surface area contributed by atoms with Crippen LogP contribution in [0.4, 0.5) is 10.1 Å². The molecule has 1 rings (SSSR count). The molecule has 102 valence electrons. The van der Waals surface area contributed by atoms with Crippen molar-refractivity contribution in [2.24, 2.45) is 0 Å². The maximum Gasteiger partial charge on any atom is 0.343 e. The van der Waals surface area contributed by atoms with Crippen LogP contribution in [0.3, 0.4) is 0 Å². The van der Waals surface area contributed by atoms with Gasteiger partial charge in [0.25, 0.3) is 0 Å². The van der Waals surface area contributed by atoms with E-state index in [1.165, 1.54) is 7.11 Å². The van der Waals surface area contributed by atoms with Gasteiger partial charge in [-0.2, -0.15) is 0 Å². The van der Waals surface area contributed by atoms with Gasteiger partial charge in [-0.15, -0.1) is 0 Å². The number of nitrogen functional groups attached to an aromatic ring is 1. The highest BCUT2D eigenvalue weighted by Crippen LogP contribution is 2.25. The summed E-state index contributed by atoms with van der Waals surface area (Å²) in [6, 6.07) is 0. The lowest BCUT2D eigenvalue weighted by molar-refractivity contribution is 0.0526. The molecule has 2 N–H and O–H groups in total. The van der Waals surface area contributed by atoms with Crippen LogP contribution in [0.2, 0.25) is 5.15 Å². The highest BCUT2D eigenvalue weighted by Gasteiger charge is 2.22. The number of carbonyl (C=O) groups excluding carboxylic acids is 1. The molecule has 0 aromatic carbocycles. The van der Waals surface area contributed by atoms with Crippen LogP contribution in [0, 0.1) is 17.7 Å². The molecule has 0 atom stereocenters. The normalized spacial score (nSPS) is 9.68. The number of hydrogen-bond donors (Lipinski definition) is 1. The van der Waals surface area contributed by atoms with Gasteiger partial charge in [-0.1, -0.05) is 17.5 Å². The predicted octanol–water partition coefficient (Wildman–Crippen LogP) is 1.63. The van der Waals surface area contributed by atoms with E-state index in [2.05, 4.69) is 16.8 Å². The summed E-state index contributed by atoms with van der Waals surface area (Å²) in [4.78, 5) is 15.4. The Morgan fingerprint density at radius 2 is 2.26 bits per heavy atom. The van der Waals surface area contributed by atoms with E-state index in [4.69, 9.17) is 26.8 Å². The minimum atomic E-state index is -0.970. The number of anilines is 1. The van der Waals surface area contributed by atoms with Crippen LogP contribution in [-0.2, 0) is 9.47 Å². The maximum atomic E-state index is 13.6. The smallest absolute Gasteiger partial charge is 0.343 e. The van der Waals surface area contributed by atoms with E-state index < -0.39 is 22.6 Å². The van der Waals surface area contributed by atoms with E-state index in [1.54, 1.807) is 6.92 Å². The number of nitrogens with zero attached hydrogens (tertiary/aromatic N) is 1. The molecule has 0 fully saturated rings. The molecule has 1 aromatic rings. The lowest BCUT2D eigenvalue weighted by Gasteiger charge is -2.08. The average molecular weight is 287 g/mol. The first-order chi connectivity index (χ1) is 9.02. The summed E-state index contributed by atoms with van der Waals surface area (Å²) in [5.41, 5.74) is 4.82. The monoisotopic (exact) mass is 286 g/mol. The number of esters is 1. The molecule has 19 heavy (non-hydrogen) atoms. The molecule has 0 aliphatic rings. The molecular formula is C12H12ClFN2O3. The highest BCUT2D eigenvalue weighted by atomic mass is 35.5. The van der Waals surface area contributed by atoms with Crippen molar-refractivity contribution in [2.45, 2.75) is 6.92 Å². The third-order valence-corrected chi connectivity index (χ3v) is 2.29. The number of hydrogen-bond acceptors (Lipinski definition) is 5. The third-order valence-electron chi connectivity index (χ3n) is 2.04. The highest BCUT2D eigenvalue weighted by molar-refractivity contribution is 6.30. The molecule has 0 saturated carbocycles.